The minimum Gasteiger partial charge on any atom is -0.450 e. The standard InChI is InChI=1S/C16H20O7/c1-15(2)21-9-16(23-15)13(12(18)11(17)8-20-16)22-14(19)10-6-4-3-5-7-10/h3-7,11-13,17-18H,8-9H2,1-2H3/t11-,12+,13+,16+/m1/s1. The number of rotatable bonds is 2. The average Bonchev–Trinajstić information content (AvgIpc) is 2.85. The lowest BCUT2D eigenvalue weighted by Crippen LogP contribution is -2.64. The van der Waals surface area contributed by atoms with Crippen molar-refractivity contribution in [2.45, 2.75) is 43.7 Å². The van der Waals surface area contributed by atoms with Gasteiger partial charge in [0.05, 0.1) is 12.2 Å². The van der Waals surface area contributed by atoms with Crippen LogP contribution in [0.15, 0.2) is 30.3 Å². The topological polar surface area (TPSA) is 94.5 Å². The molecule has 2 N–H and O–H groups in total. The minimum atomic E-state index is -1.44. The molecule has 126 valence electrons. The van der Waals surface area contributed by atoms with Crippen molar-refractivity contribution < 1.29 is 34.0 Å². The summed E-state index contributed by atoms with van der Waals surface area (Å²) in [7, 11) is 0. The molecule has 1 aromatic carbocycles. The summed E-state index contributed by atoms with van der Waals surface area (Å²) in [6, 6.07) is 8.37. The fourth-order valence-corrected chi connectivity index (χ4v) is 2.75. The van der Waals surface area contributed by atoms with E-state index in [1.165, 1.54) is 0 Å². The quantitative estimate of drug-likeness (QED) is 0.762. The summed E-state index contributed by atoms with van der Waals surface area (Å²) >= 11 is 0. The van der Waals surface area contributed by atoms with Gasteiger partial charge in [-0.25, -0.2) is 4.79 Å². The maximum absolute atomic E-state index is 12.3. The van der Waals surface area contributed by atoms with Crippen molar-refractivity contribution in [3.8, 4) is 0 Å². The third kappa shape index (κ3) is 3.11. The molecule has 1 aromatic rings. The first-order valence-electron chi connectivity index (χ1n) is 7.43. The lowest BCUT2D eigenvalue weighted by Gasteiger charge is -2.43. The predicted octanol–water partition coefficient (Wildman–Crippen LogP) is 0.443. The number of carbonyl (C=O) groups is 1. The van der Waals surface area contributed by atoms with Gasteiger partial charge in [0, 0.05) is 0 Å². The van der Waals surface area contributed by atoms with Gasteiger partial charge in [0.2, 0.25) is 5.79 Å². The zero-order valence-electron chi connectivity index (χ0n) is 13.0. The zero-order valence-corrected chi connectivity index (χ0v) is 13.0. The number of aliphatic hydroxyl groups excluding tert-OH is 2. The van der Waals surface area contributed by atoms with E-state index < -0.39 is 35.9 Å². The van der Waals surface area contributed by atoms with Crippen LogP contribution in [0.1, 0.15) is 24.2 Å². The highest BCUT2D eigenvalue weighted by Gasteiger charge is 2.60. The van der Waals surface area contributed by atoms with Crippen LogP contribution in [0, 0.1) is 0 Å². The van der Waals surface area contributed by atoms with Gasteiger partial charge in [0.1, 0.15) is 18.8 Å². The van der Waals surface area contributed by atoms with E-state index in [9.17, 15) is 15.0 Å². The van der Waals surface area contributed by atoms with Crippen LogP contribution in [0.2, 0.25) is 0 Å². The molecule has 2 heterocycles. The zero-order chi connectivity index (χ0) is 16.7. The molecule has 3 rings (SSSR count). The number of hydrogen-bond acceptors (Lipinski definition) is 7. The summed E-state index contributed by atoms with van der Waals surface area (Å²) in [6.45, 7) is 3.23. The highest BCUT2D eigenvalue weighted by atomic mass is 16.8. The Morgan fingerprint density at radius 1 is 1.22 bits per heavy atom. The van der Waals surface area contributed by atoms with E-state index in [2.05, 4.69) is 0 Å². The first-order chi connectivity index (χ1) is 10.8. The lowest BCUT2D eigenvalue weighted by molar-refractivity contribution is -0.336. The molecule has 0 unspecified atom stereocenters. The lowest BCUT2D eigenvalue weighted by atomic mass is 9.97. The van der Waals surface area contributed by atoms with E-state index in [0.29, 0.717) is 5.56 Å². The maximum Gasteiger partial charge on any atom is 0.338 e. The van der Waals surface area contributed by atoms with Crippen LogP contribution < -0.4 is 0 Å². The second-order valence-electron chi connectivity index (χ2n) is 6.16. The fraction of sp³-hybridized carbons (Fsp3) is 0.562. The highest BCUT2D eigenvalue weighted by molar-refractivity contribution is 5.89. The van der Waals surface area contributed by atoms with Crippen LogP contribution in [0.25, 0.3) is 0 Å². The second kappa shape index (κ2) is 5.85. The second-order valence-corrected chi connectivity index (χ2v) is 6.16. The Balaban J connectivity index is 1.84. The summed E-state index contributed by atoms with van der Waals surface area (Å²) in [5, 5.41) is 20.1. The number of hydrogen-bond donors (Lipinski definition) is 2. The van der Waals surface area contributed by atoms with E-state index in [4.69, 9.17) is 18.9 Å². The SMILES string of the molecule is CC1(C)OC[C@]2(OC[C@@H](O)[C@H](O)[C@@H]2OC(=O)c2ccccc2)O1. The van der Waals surface area contributed by atoms with E-state index in [1.54, 1.807) is 44.2 Å². The van der Waals surface area contributed by atoms with Gasteiger partial charge in [-0.1, -0.05) is 18.2 Å². The van der Waals surface area contributed by atoms with E-state index >= 15 is 0 Å². The molecule has 0 amide bonds. The van der Waals surface area contributed by atoms with Gasteiger partial charge >= 0.3 is 5.97 Å². The monoisotopic (exact) mass is 324 g/mol. The Hall–Kier alpha value is -1.51. The van der Waals surface area contributed by atoms with Crippen molar-refractivity contribution in [3.05, 3.63) is 35.9 Å². The molecule has 2 aliphatic rings. The van der Waals surface area contributed by atoms with Crippen LogP contribution in [0.5, 0.6) is 0 Å². The average molecular weight is 324 g/mol. The summed E-state index contributed by atoms with van der Waals surface area (Å²) in [6.07, 6.45) is -3.73. The molecule has 0 saturated carbocycles. The molecule has 2 aliphatic heterocycles. The van der Waals surface area contributed by atoms with Crippen molar-refractivity contribution in [3.63, 3.8) is 0 Å². The van der Waals surface area contributed by atoms with Crippen molar-refractivity contribution in [1.29, 1.82) is 0 Å². The highest BCUT2D eigenvalue weighted by Crippen LogP contribution is 2.40. The largest absolute Gasteiger partial charge is 0.450 e. The van der Waals surface area contributed by atoms with Gasteiger partial charge in [-0.3, -0.25) is 0 Å². The molecule has 7 nitrogen and oxygen atoms in total. The summed E-state index contributed by atoms with van der Waals surface area (Å²) < 4.78 is 22.2. The maximum atomic E-state index is 12.3. The summed E-state index contributed by atoms with van der Waals surface area (Å²) in [5.74, 6) is -3.02. The van der Waals surface area contributed by atoms with Crippen LogP contribution >= 0.6 is 0 Å². The molecule has 2 saturated heterocycles. The Morgan fingerprint density at radius 2 is 1.91 bits per heavy atom. The molecule has 0 aromatic heterocycles. The van der Waals surface area contributed by atoms with Crippen molar-refractivity contribution in [2.24, 2.45) is 0 Å². The Labute approximate surface area is 133 Å². The smallest absolute Gasteiger partial charge is 0.338 e. The Kier molecular flexibility index (Phi) is 4.16. The van der Waals surface area contributed by atoms with Crippen molar-refractivity contribution in [2.75, 3.05) is 13.2 Å². The first kappa shape index (κ1) is 16.4. The minimum absolute atomic E-state index is 0.0173. The fourth-order valence-electron chi connectivity index (χ4n) is 2.75. The third-order valence-corrected chi connectivity index (χ3v) is 3.92. The van der Waals surface area contributed by atoms with Gasteiger partial charge in [0.15, 0.2) is 11.9 Å². The number of aliphatic hydroxyl groups is 2. The molecular formula is C16H20O7. The molecule has 23 heavy (non-hydrogen) atoms. The first-order valence-corrected chi connectivity index (χ1v) is 7.43. The molecule has 2 fully saturated rings. The molecule has 0 radical (unpaired) electrons. The van der Waals surface area contributed by atoms with E-state index in [-0.39, 0.29) is 13.2 Å². The normalized spacial score (nSPS) is 36.1. The number of ether oxygens (including phenoxy) is 4. The molecule has 7 heteroatoms. The molecule has 0 aliphatic carbocycles. The van der Waals surface area contributed by atoms with Gasteiger partial charge in [-0.05, 0) is 26.0 Å². The van der Waals surface area contributed by atoms with Crippen LogP contribution in [-0.4, -0.2) is 59.3 Å². The van der Waals surface area contributed by atoms with E-state index in [0.717, 1.165) is 0 Å². The van der Waals surface area contributed by atoms with Crippen LogP contribution in [0.3, 0.4) is 0 Å². The summed E-state index contributed by atoms with van der Waals surface area (Å²) in [5.41, 5.74) is 0.327. The van der Waals surface area contributed by atoms with Crippen LogP contribution in [0.4, 0.5) is 0 Å². The van der Waals surface area contributed by atoms with Crippen molar-refractivity contribution >= 4 is 5.97 Å². The third-order valence-electron chi connectivity index (χ3n) is 3.92. The molecule has 0 bridgehead atoms. The molecular weight excluding hydrogens is 304 g/mol. The number of esters is 1. The summed E-state index contributed by atoms with van der Waals surface area (Å²) in [4.78, 5) is 12.3. The number of carbonyl (C=O) groups excluding carboxylic acids is 1. The van der Waals surface area contributed by atoms with Crippen molar-refractivity contribution in [1.82, 2.24) is 0 Å². The van der Waals surface area contributed by atoms with Gasteiger partial charge in [-0.15, -0.1) is 0 Å². The van der Waals surface area contributed by atoms with Crippen LogP contribution in [-0.2, 0) is 18.9 Å². The van der Waals surface area contributed by atoms with Gasteiger partial charge in [0.25, 0.3) is 0 Å². The molecule has 4 atom stereocenters. The predicted molar refractivity (Wildman–Crippen MR) is 77.5 cm³/mol. The molecule has 1 spiro atoms. The van der Waals surface area contributed by atoms with Gasteiger partial charge < -0.3 is 29.2 Å². The van der Waals surface area contributed by atoms with Gasteiger partial charge in [-0.2, -0.15) is 0 Å². The Morgan fingerprint density at radius 3 is 2.52 bits per heavy atom. The Bertz CT molecular complexity index is 573. The number of benzene rings is 1. The van der Waals surface area contributed by atoms with E-state index in [1.807, 2.05) is 0 Å².